The molecule has 2 rings (SSSR count). The van der Waals surface area contributed by atoms with Crippen molar-refractivity contribution in [3.63, 3.8) is 0 Å². The highest BCUT2D eigenvalue weighted by atomic mass is 35.5. The Morgan fingerprint density at radius 1 is 1.16 bits per heavy atom. The third kappa shape index (κ3) is 3.09. The number of nitrogens with two attached hydrogens (primary N) is 1. The number of nitrogen functional groups attached to an aromatic ring is 1. The van der Waals surface area contributed by atoms with Crippen LogP contribution in [-0.4, -0.2) is 5.78 Å². The fourth-order valence-electron chi connectivity index (χ4n) is 1.72. The van der Waals surface area contributed by atoms with Crippen molar-refractivity contribution in [3.05, 3.63) is 64.2 Å². The van der Waals surface area contributed by atoms with Gasteiger partial charge >= 0.3 is 0 Å². The SMILES string of the molecule is Nc1cc(Cl)ccc1C(=O)Cc1ccc(F)cc1F. The summed E-state index contributed by atoms with van der Waals surface area (Å²) in [4.78, 5) is 12.0. The van der Waals surface area contributed by atoms with Crippen LogP contribution < -0.4 is 5.73 Å². The molecule has 0 fully saturated rings. The van der Waals surface area contributed by atoms with E-state index in [1.807, 2.05) is 0 Å². The normalized spacial score (nSPS) is 10.5. The lowest BCUT2D eigenvalue weighted by Gasteiger charge is -2.06. The Labute approximate surface area is 113 Å². The number of hydrogen-bond donors (Lipinski definition) is 1. The quantitative estimate of drug-likeness (QED) is 0.690. The van der Waals surface area contributed by atoms with E-state index in [1.165, 1.54) is 24.3 Å². The molecule has 0 aliphatic heterocycles. The minimum atomic E-state index is -0.749. The largest absolute Gasteiger partial charge is 0.398 e. The standard InChI is InChI=1S/C14H10ClF2NO/c15-9-2-4-11(13(18)6-9)14(19)5-8-1-3-10(16)7-12(8)17/h1-4,6-7H,5,18H2. The second-order valence-corrected chi connectivity index (χ2v) is 4.50. The Morgan fingerprint density at radius 2 is 1.89 bits per heavy atom. The van der Waals surface area contributed by atoms with Gasteiger partial charge in [-0.2, -0.15) is 0 Å². The first-order valence-corrected chi connectivity index (χ1v) is 5.87. The Balaban J connectivity index is 2.25. The molecule has 0 bridgehead atoms. The van der Waals surface area contributed by atoms with E-state index in [4.69, 9.17) is 17.3 Å². The zero-order valence-corrected chi connectivity index (χ0v) is 10.5. The van der Waals surface area contributed by atoms with E-state index in [9.17, 15) is 13.6 Å². The van der Waals surface area contributed by atoms with E-state index in [1.54, 1.807) is 0 Å². The first-order chi connectivity index (χ1) is 8.97. The number of anilines is 1. The van der Waals surface area contributed by atoms with E-state index in [-0.39, 0.29) is 29.0 Å². The third-order valence-electron chi connectivity index (χ3n) is 2.68. The molecule has 0 aliphatic carbocycles. The average Bonchev–Trinajstić information content (AvgIpc) is 2.32. The maximum atomic E-state index is 13.4. The minimum absolute atomic E-state index is 0.126. The monoisotopic (exact) mass is 281 g/mol. The van der Waals surface area contributed by atoms with Gasteiger partial charge < -0.3 is 5.73 Å². The summed E-state index contributed by atoms with van der Waals surface area (Å²) in [5.74, 6) is -1.78. The van der Waals surface area contributed by atoms with Crippen molar-refractivity contribution >= 4 is 23.1 Å². The van der Waals surface area contributed by atoms with Crippen LogP contribution in [0.5, 0.6) is 0 Å². The van der Waals surface area contributed by atoms with Crippen LogP contribution in [0.4, 0.5) is 14.5 Å². The van der Waals surface area contributed by atoms with Gasteiger partial charge in [0.1, 0.15) is 11.6 Å². The van der Waals surface area contributed by atoms with Crippen LogP contribution in [0.1, 0.15) is 15.9 Å². The molecule has 0 spiro atoms. The number of carbonyl (C=O) groups excluding carboxylic acids is 1. The number of benzene rings is 2. The summed E-state index contributed by atoms with van der Waals surface area (Å²) in [6.07, 6.45) is -0.183. The van der Waals surface area contributed by atoms with Crippen LogP contribution in [0.3, 0.4) is 0 Å². The van der Waals surface area contributed by atoms with Crippen molar-refractivity contribution in [2.75, 3.05) is 5.73 Å². The molecule has 2 aromatic carbocycles. The fraction of sp³-hybridized carbons (Fsp3) is 0.0714. The van der Waals surface area contributed by atoms with Crippen LogP contribution >= 0.6 is 11.6 Å². The topological polar surface area (TPSA) is 43.1 Å². The molecule has 0 unspecified atom stereocenters. The fourth-order valence-corrected chi connectivity index (χ4v) is 1.90. The molecule has 0 saturated heterocycles. The van der Waals surface area contributed by atoms with E-state index in [0.29, 0.717) is 5.02 Å². The lowest BCUT2D eigenvalue weighted by atomic mass is 10.0. The first kappa shape index (κ1) is 13.5. The van der Waals surface area contributed by atoms with Crippen LogP contribution in [0, 0.1) is 11.6 Å². The van der Waals surface area contributed by atoms with Gasteiger partial charge in [0, 0.05) is 28.8 Å². The van der Waals surface area contributed by atoms with Crippen molar-refractivity contribution in [3.8, 4) is 0 Å². The Hall–Kier alpha value is -1.94. The smallest absolute Gasteiger partial charge is 0.169 e. The summed E-state index contributed by atoms with van der Waals surface area (Å²) in [7, 11) is 0. The second-order valence-electron chi connectivity index (χ2n) is 4.07. The Kier molecular flexibility index (Phi) is 3.81. The molecule has 2 nitrogen and oxygen atoms in total. The zero-order valence-electron chi connectivity index (χ0n) is 9.79. The van der Waals surface area contributed by atoms with Gasteiger partial charge in [0.15, 0.2) is 5.78 Å². The highest BCUT2D eigenvalue weighted by Crippen LogP contribution is 2.20. The van der Waals surface area contributed by atoms with Crippen molar-refractivity contribution in [1.29, 1.82) is 0 Å². The van der Waals surface area contributed by atoms with Crippen LogP contribution in [-0.2, 0) is 6.42 Å². The first-order valence-electron chi connectivity index (χ1n) is 5.49. The number of rotatable bonds is 3. The van der Waals surface area contributed by atoms with Crippen molar-refractivity contribution in [2.24, 2.45) is 0 Å². The summed E-state index contributed by atoms with van der Waals surface area (Å²) in [5.41, 5.74) is 6.31. The molecule has 0 aliphatic rings. The third-order valence-corrected chi connectivity index (χ3v) is 2.92. The van der Waals surface area contributed by atoms with Gasteiger partial charge in [0.2, 0.25) is 0 Å². The molecule has 98 valence electrons. The second kappa shape index (κ2) is 5.36. The maximum Gasteiger partial charge on any atom is 0.169 e. The Bertz CT molecular complexity index is 643. The highest BCUT2D eigenvalue weighted by molar-refractivity contribution is 6.31. The molecule has 0 heterocycles. The number of carbonyl (C=O) groups is 1. The van der Waals surface area contributed by atoms with Crippen LogP contribution in [0.25, 0.3) is 0 Å². The van der Waals surface area contributed by atoms with Crippen molar-refractivity contribution in [2.45, 2.75) is 6.42 Å². The molecular weight excluding hydrogens is 272 g/mol. The predicted molar refractivity (Wildman–Crippen MR) is 70.3 cm³/mol. The van der Waals surface area contributed by atoms with E-state index in [2.05, 4.69) is 0 Å². The molecule has 0 radical (unpaired) electrons. The van der Waals surface area contributed by atoms with Gasteiger partial charge in [-0.25, -0.2) is 8.78 Å². The molecule has 0 amide bonds. The molecular formula is C14H10ClF2NO. The molecule has 0 atom stereocenters. The summed E-state index contributed by atoms with van der Waals surface area (Å²) in [6, 6.07) is 7.57. The summed E-state index contributed by atoms with van der Waals surface area (Å²) >= 11 is 5.73. The molecule has 0 saturated carbocycles. The van der Waals surface area contributed by atoms with Crippen molar-refractivity contribution < 1.29 is 13.6 Å². The van der Waals surface area contributed by atoms with Gasteiger partial charge in [0.25, 0.3) is 0 Å². The van der Waals surface area contributed by atoms with Gasteiger partial charge in [-0.1, -0.05) is 17.7 Å². The lowest BCUT2D eigenvalue weighted by molar-refractivity contribution is 0.0992. The van der Waals surface area contributed by atoms with Crippen LogP contribution in [0.15, 0.2) is 36.4 Å². The van der Waals surface area contributed by atoms with Crippen molar-refractivity contribution in [1.82, 2.24) is 0 Å². The van der Waals surface area contributed by atoms with E-state index >= 15 is 0 Å². The van der Waals surface area contributed by atoms with Crippen LogP contribution in [0.2, 0.25) is 5.02 Å². The molecule has 5 heteroatoms. The maximum absolute atomic E-state index is 13.4. The summed E-state index contributed by atoms with van der Waals surface area (Å²) < 4.78 is 26.2. The van der Waals surface area contributed by atoms with Gasteiger partial charge in [0.05, 0.1) is 0 Å². The molecule has 2 aromatic rings. The van der Waals surface area contributed by atoms with Gasteiger partial charge in [-0.3, -0.25) is 4.79 Å². The van der Waals surface area contributed by atoms with Gasteiger partial charge in [-0.15, -0.1) is 0 Å². The number of hydrogen-bond acceptors (Lipinski definition) is 2. The number of ketones is 1. The average molecular weight is 282 g/mol. The van der Waals surface area contributed by atoms with E-state index < -0.39 is 11.6 Å². The highest BCUT2D eigenvalue weighted by Gasteiger charge is 2.13. The molecule has 0 aromatic heterocycles. The Morgan fingerprint density at radius 3 is 2.53 bits per heavy atom. The minimum Gasteiger partial charge on any atom is -0.398 e. The number of halogens is 3. The van der Waals surface area contributed by atoms with E-state index in [0.717, 1.165) is 12.1 Å². The molecule has 2 N–H and O–H groups in total. The van der Waals surface area contributed by atoms with Gasteiger partial charge in [-0.05, 0) is 29.8 Å². The number of Topliss-reactive ketones (excluding diaryl/α,β-unsaturated/α-hetero) is 1. The summed E-state index contributed by atoms with van der Waals surface area (Å²) in [6.45, 7) is 0. The predicted octanol–water partition coefficient (Wildman–Crippen LogP) is 3.63. The summed E-state index contributed by atoms with van der Waals surface area (Å²) in [5, 5.41) is 0.419. The lowest BCUT2D eigenvalue weighted by Crippen LogP contribution is -2.08. The zero-order chi connectivity index (χ0) is 14.0. The molecule has 19 heavy (non-hydrogen) atoms.